The minimum absolute atomic E-state index is 0.121. The molecule has 5 nitrogen and oxygen atoms in total. The molecular weight excluding hydrogens is 196 g/mol. The van der Waals surface area contributed by atoms with Crippen molar-refractivity contribution in [1.29, 1.82) is 0 Å². The van der Waals surface area contributed by atoms with Crippen LogP contribution < -0.4 is 4.90 Å². The van der Waals surface area contributed by atoms with E-state index in [0.717, 1.165) is 0 Å². The summed E-state index contributed by atoms with van der Waals surface area (Å²) in [5, 5.41) is 10.7. The van der Waals surface area contributed by atoms with Gasteiger partial charge in [0.1, 0.15) is 5.69 Å². The number of hydrogen-bond acceptors (Lipinski definition) is 4. The van der Waals surface area contributed by atoms with Gasteiger partial charge in [-0.2, -0.15) is 0 Å². The molecule has 15 heavy (non-hydrogen) atoms. The molecule has 0 aliphatic carbocycles. The molecule has 0 radical (unpaired) electrons. The average molecular weight is 210 g/mol. The number of methoxy groups -OCH3 is 1. The molecule has 0 aliphatic rings. The molecule has 0 aliphatic heterocycles. The second-order valence-electron chi connectivity index (χ2n) is 3.16. The van der Waals surface area contributed by atoms with Gasteiger partial charge >= 0.3 is 0 Å². The maximum atomic E-state index is 10.7. The summed E-state index contributed by atoms with van der Waals surface area (Å²) in [6, 6.07) is 6.67. The van der Waals surface area contributed by atoms with E-state index in [4.69, 9.17) is 4.74 Å². The zero-order valence-corrected chi connectivity index (χ0v) is 8.84. The minimum Gasteiger partial charge on any atom is -0.383 e. The quantitative estimate of drug-likeness (QED) is 0.548. The number of hydrogen-bond donors (Lipinski definition) is 0. The van der Waals surface area contributed by atoms with Crippen molar-refractivity contribution in [1.82, 2.24) is 0 Å². The molecule has 5 heteroatoms. The number of rotatable bonds is 5. The third-order valence-corrected chi connectivity index (χ3v) is 2.12. The van der Waals surface area contributed by atoms with E-state index >= 15 is 0 Å². The van der Waals surface area contributed by atoms with Crippen molar-refractivity contribution in [2.24, 2.45) is 0 Å². The molecule has 1 rings (SSSR count). The fourth-order valence-electron chi connectivity index (χ4n) is 1.29. The molecule has 0 atom stereocenters. The molecule has 0 aromatic heterocycles. The van der Waals surface area contributed by atoms with E-state index in [2.05, 4.69) is 0 Å². The first-order valence-corrected chi connectivity index (χ1v) is 4.60. The van der Waals surface area contributed by atoms with Crippen LogP contribution >= 0.6 is 0 Å². The lowest BCUT2D eigenvalue weighted by Crippen LogP contribution is -2.22. The summed E-state index contributed by atoms with van der Waals surface area (Å²) in [5.74, 6) is 0. The van der Waals surface area contributed by atoms with Crippen molar-refractivity contribution in [2.45, 2.75) is 0 Å². The Bertz CT molecular complexity index is 341. The van der Waals surface area contributed by atoms with Gasteiger partial charge in [0.05, 0.1) is 11.5 Å². The van der Waals surface area contributed by atoms with Crippen LogP contribution in [0.4, 0.5) is 11.4 Å². The Kier molecular flexibility index (Phi) is 4.05. The van der Waals surface area contributed by atoms with Gasteiger partial charge in [0, 0.05) is 26.8 Å². The predicted molar refractivity (Wildman–Crippen MR) is 58.2 cm³/mol. The van der Waals surface area contributed by atoms with Crippen LogP contribution in [0.3, 0.4) is 0 Å². The maximum absolute atomic E-state index is 10.7. The number of para-hydroxylation sites is 2. The summed E-state index contributed by atoms with van der Waals surface area (Å²) < 4.78 is 4.92. The van der Waals surface area contributed by atoms with Crippen LogP contribution in [-0.2, 0) is 4.74 Å². The molecule has 1 aromatic carbocycles. The van der Waals surface area contributed by atoms with Gasteiger partial charge < -0.3 is 9.64 Å². The summed E-state index contributed by atoms with van der Waals surface area (Å²) in [7, 11) is 3.41. The highest BCUT2D eigenvalue weighted by Crippen LogP contribution is 2.26. The number of benzene rings is 1. The molecule has 0 saturated carbocycles. The first-order valence-electron chi connectivity index (χ1n) is 4.60. The lowest BCUT2D eigenvalue weighted by molar-refractivity contribution is -0.384. The third kappa shape index (κ3) is 2.92. The number of likely N-dealkylation sites (N-methyl/N-ethyl adjacent to an activating group) is 1. The molecular formula is C10H14N2O3. The molecule has 1 aromatic rings. The van der Waals surface area contributed by atoms with Gasteiger partial charge in [-0.25, -0.2) is 0 Å². The first kappa shape index (κ1) is 11.5. The summed E-state index contributed by atoms with van der Waals surface area (Å²) >= 11 is 0. The Morgan fingerprint density at radius 1 is 1.47 bits per heavy atom. The van der Waals surface area contributed by atoms with Crippen molar-refractivity contribution in [2.75, 3.05) is 32.2 Å². The van der Waals surface area contributed by atoms with Gasteiger partial charge in [0.15, 0.2) is 0 Å². The van der Waals surface area contributed by atoms with E-state index in [9.17, 15) is 10.1 Å². The van der Waals surface area contributed by atoms with Gasteiger partial charge in [0.2, 0.25) is 0 Å². The third-order valence-electron chi connectivity index (χ3n) is 2.12. The summed E-state index contributed by atoms with van der Waals surface area (Å²) in [5.41, 5.74) is 0.732. The number of nitro groups is 1. The number of nitrogens with zero attached hydrogens (tertiary/aromatic N) is 2. The van der Waals surface area contributed by atoms with Gasteiger partial charge in [-0.1, -0.05) is 12.1 Å². The summed E-state index contributed by atoms with van der Waals surface area (Å²) in [6.07, 6.45) is 0. The summed E-state index contributed by atoms with van der Waals surface area (Å²) in [4.78, 5) is 12.2. The van der Waals surface area contributed by atoms with Gasteiger partial charge in [0.25, 0.3) is 5.69 Å². The van der Waals surface area contributed by atoms with Crippen LogP contribution in [0.5, 0.6) is 0 Å². The van der Waals surface area contributed by atoms with Crippen LogP contribution in [0, 0.1) is 10.1 Å². The largest absolute Gasteiger partial charge is 0.383 e. The molecule has 0 N–H and O–H groups in total. The Labute approximate surface area is 88.4 Å². The van der Waals surface area contributed by atoms with Crippen molar-refractivity contribution < 1.29 is 9.66 Å². The first-order chi connectivity index (χ1) is 7.16. The number of ether oxygens (including phenoxy) is 1. The fraction of sp³-hybridized carbons (Fsp3) is 0.400. The minimum atomic E-state index is -0.376. The van der Waals surface area contributed by atoms with Crippen molar-refractivity contribution in [3.63, 3.8) is 0 Å². The standard InChI is InChI=1S/C10H14N2O3/c1-11(7-8-15-2)9-5-3-4-6-10(9)12(13)14/h3-6H,7-8H2,1-2H3. The topological polar surface area (TPSA) is 55.6 Å². The SMILES string of the molecule is COCCN(C)c1ccccc1[N+](=O)[O-]. The second kappa shape index (κ2) is 5.31. The van der Waals surface area contributed by atoms with E-state index < -0.39 is 0 Å². The second-order valence-corrected chi connectivity index (χ2v) is 3.16. The van der Waals surface area contributed by atoms with Crippen molar-refractivity contribution >= 4 is 11.4 Å². The lowest BCUT2D eigenvalue weighted by atomic mass is 10.2. The van der Waals surface area contributed by atoms with Crippen LogP contribution in [0.2, 0.25) is 0 Å². The van der Waals surface area contributed by atoms with Crippen LogP contribution in [-0.4, -0.2) is 32.2 Å². The molecule has 0 amide bonds. The van der Waals surface area contributed by atoms with Gasteiger partial charge in [-0.3, -0.25) is 10.1 Å². The van der Waals surface area contributed by atoms with E-state index in [1.165, 1.54) is 6.07 Å². The van der Waals surface area contributed by atoms with Gasteiger partial charge in [-0.05, 0) is 6.07 Å². The average Bonchev–Trinajstić information content (AvgIpc) is 2.25. The maximum Gasteiger partial charge on any atom is 0.292 e. The Hall–Kier alpha value is -1.62. The fourth-order valence-corrected chi connectivity index (χ4v) is 1.29. The monoisotopic (exact) mass is 210 g/mol. The molecule has 0 saturated heterocycles. The summed E-state index contributed by atoms with van der Waals surface area (Å²) in [6.45, 7) is 1.17. The van der Waals surface area contributed by atoms with E-state index in [-0.39, 0.29) is 10.6 Å². The molecule has 0 fully saturated rings. The Morgan fingerprint density at radius 3 is 2.73 bits per heavy atom. The molecule has 0 bridgehead atoms. The van der Waals surface area contributed by atoms with E-state index in [0.29, 0.717) is 18.8 Å². The van der Waals surface area contributed by atoms with Crippen molar-refractivity contribution in [3.05, 3.63) is 34.4 Å². The highest BCUT2D eigenvalue weighted by molar-refractivity contribution is 5.62. The Morgan fingerprint density at radius 2 is 2.13 bits per heavy atom. The molecule has 0 spiro atoms. The predicted octanol–water partition coefficient (Wildman–Crippen LogP) is 1.68. The van der Waals surface area contributed by atoms with Crippen LogP contribution in [0.25, 0.3) is 0 Å². The smallest absolute Gasteiger partial charge is 0.292 e. The zero-order chi connectivity index (χ0) is 11.3. The number of nitro benzene ring substituents is 1. The van der Waals surface area contributed by atoms with Crippen LogP contribution in [0.1, 0.15) is 0 Å². The highest BCUT2D eigenvalue weighted by atomic mass is 16.6. The lowest BCUT2D eigenvalue weighted by Gasteiger charge is -2.18. The molecule has 82 valence electrons. The Balaban J connectivity index is 2.87. The highest BCUT2D eigenvalue weighted by Gasteiger charge is 2.15. The molecule has 0 unspecified atom stereocenters. The van der Waals surface area contributed by atoms with Gasteiger partial charge in [-0.15, -0.1) is 0 Å². The van der Waals surface area contributed by atoms with Crippen LogP contribution in [0.15, 0.2) is 24.3 Å². The van der Waals surface area contributed by atoms with Crippen molar-refractivity contribution in [3.8, 4) is 0 Å². The van der Waals surface area contributed by atoms with E-state index in [1.54, 1.807) is 32.4 Å². The number of anilines is 1. The van der Waals surface area contributed by atoms with E-state index in [1.807, 2.05) is 4.90 Å². The zero-order valence-electron chi connectivity index (χ0n) is 8.84. The normalized spacial score (nSPS) is 10.0. The molecule has 0 heterocycles.